The number of rotatable bonds is 10. The Kier molecular flexibility index (Phi) is 11.8. The zero-order chi connectivity index (χ0) is 21.1. The molecule has 0 spiro atoms. The molecule has 2 aromatic rings. The highest BCUT2D eigenvalue weighted by molar-refractivity contribution is 14.0. The molecule has 0 aliphatic carbocycles. The highest BCUT2D eigenvalue weighted by atomic mass is 127. The molecule has 8 heteroatoms. The molecule has 30 heavy (non-hydrogen) atoms. The van der Waals surface area contributed by atoms with Gasteiger partial charge in [0.05, 0.1) is 28.4 Å². The van der Waals surface area contributed by atoms with E-state index in [1.807, 2.05) is 30.3 Å². The third-order valence-electron chi connectivity index (χ3n) is 4.55. The van der Waals surface area contributed by atoms with Gasteiger partial charge in [-0.05, 0) is 42.7 Å². The summed E-state index contributed by atoms with van der Waals surface area (Å²) >= 11 is 0. The van der Waals surface area contributed by atoms with E-state index in [0.717, 1.165) is 53.9 Å². The molecule has 2 aromatic carbocycles. The van der Waals surface area contributed by atoms with Crippen molar-refractivity contribution < 1.29 is 18.9 Å². The van der Waals surface area contributed by atoms with Gasteiger partial charge in [0, 0.05) is 31.8 Å². The van der Waals surface area contributed by atoms with Gasteiger partial charge < -0.3 is 29.6 Å². The van der Waals surface area contributed by atoms with E-state index in [9.17, 15) is 0 Å². The molecule has 0 unspecified atom stereocenters. The molecule has 0 fully saturated rings. The fourth-order valence-corrected chi connectivity index (χ4v) is 2.93. The van der Waals surface area contributed by atoms with Crippen LogP contribution in [0.1, 0.15) is 17.5 Å². The summed E-state index contributed by atoms with van der Waals surface area (Å²) in [4.78, 5) is 4.28. The number of nitrogens with zero attached hydrogens (tertiary/aromatic N) is 1. The number of aryl methyl sites for hydroxylation is 1. The first-order valence-corrected chi connectivity index (χ1v) is 9.51. The largest absolute Gasteiger partial charge is 0.497 e. The quantitative estimate of drug-likeness (QED) is 0.212. The van der Waals surface area contributed by atoms with Gasteiger partial charge >= 0.3 is 0 Å². The number of benzene rings is 2. The summed E-state index contributed by atoms with van der Waals surface area (Å²) in [6, 6.07) is 11.8. The summed E-state index contributed by atoms with van der Waals surface area (Å²) in [6.07, 6.45) is 1.89. The van der Waals surface area contributed by atoms with Crippen LogP contribution in [0.5, 0.6) is 23.0 Å². The summed E-state index contributed by atoms with van der Waals surface area (Å²) in [5.41, 5.74) is 2.23. The van der Waals surface area contributed by atoms with Gasteiger partial charge in [-0.1, -0.05) is 6.07 Å². The molecule has 2 N–H and O–H groups in total. The van der Waals surface area contributed by atoms with Crippen LogP contribution >= 0.6 is 24.0 Å². The number of nitrogens with one attached hydrogen (secondary N) is 2. The maximum absolute atomic E-state index is 5.44. The van der Waals surface area contributed by atoms with E-state index in [0.29, 0.717) is 6.54 Å². The molecule has 0 heterocycles. The second-order valence-electron chi connectivity index (χ2n) is 6.32. The molecule has 0 amide bonds. The van der Waals surface area contributed by atoms with Crippen LogP contribution in [-0.4, -0.2) is 48.0 Å². The smallest absolute Gasteiger partial charge is 0.191 e. The fourth-order valence-electron chi connectivity index (χ4n) is 2.93. The van der Waals surface area contributed by atoms with Crippen molar-refractivity contribution in [3.8, 4) is 23.0 Å². The molecular weight excluding hydrogens is 497 g/mol. The molecule has 0 saturated heterocycles. The zero-order valence-corrected chi connectivity index (χ0v) is 20.6. The first-order valence-electron chi connectivity index (χ1n) is 9.51. The molecule has 0 aromatic heterocycles. The number of halogens is 1. The lowest BCUT2D eigenvalue weighted by atomic mass is 10.1. The Labute approximate surface area is 196 Å². The summed E-state index contributed by atoms with van der Waals surface area (Å²) in [6.45, 7) is 1.40. The maximum atomic E-state index is 5.44. The number of ether oxygens (including phenoxy) is 4. The zero-order valence-electron chi connectivity index (χ0n) is 18.3. The van der Waals surface area contributed by atoms with Crippen LogP contribution in [0.4, 0.5) is 0 Å². The van der Waals surface area contributed by atoms with E-state index in [2.05, 4.69) is 21.7 Å². The molecule has 2 rings (SSSR count). The van der Waals surface area contributed by atoms with Crippen molar-refractivity contribution in [3.63, 3.8) is 0 Å². The number of guanidine groups is 1. The van der Waals surface area contributed by atoms with Gasteiger partial charge in [0.2, 0.25) is 0 Å². The second kappa shape index (κ2) is 13.8. The van der Waals surface area contributed by atoms with Gasteiger partial charge in [-0.25, -0.2) is 0 Å². The van der Waals surface area contributed by atoms with E-state index in [1.54, 1.807) is 35.5 Å². The average molecular weight is 529 g/mol. The Morgan fingerprint density at radius 2 is 1.57 bits per heavy atom. The van der Waals surface area contributed by atoms with Crippen molar-refractivity contribution >= 4 is 29.9 Å². The van der Waals surface area contributed by atoms with Gasteiger partial charge in [-0.15, -0.1) is 24.0 Å². The Balaban J connectivity index is 0.00000450. The van der Waals surface area contributed by atoms with Gasteiger partial charge in [-0.2, -0.15) is 0 Å². The van der Waals surface area contributed by atoms with Crippen LogP contribution in [0.2, 0.25) is 0 Å². The van der Waals surface area contributed by atoms with Crippen molar-refractivity contribution in [1.29, 1.82) is 0 Å². The minimum atomic E-state index is 0. The molecule has 166 valence electrons. The van der Waals surface area contributed by atoms with Crippen LogP contribution in [0.3, 0.4) is 0 Å². The Bertz CT molecular complexity index is 815. The highest BCUT2D eigenvalue weighted by Gasteiger charge is 2.07. The van der Waals surface area contributed by atoms with Crippen LogP contribution in [0.15, 0.2) is 41.4 Å². The molecule has 7 nitrogen and oxygen atoms in total. The molecule has 0 atom stereocenters. The minimum absolute atomic E-state index is 0. The number of hydrogen-bond acceptors (Lipinski definition) is 5. The standard InChI is InChI=1S/C22H31N3O4.HI/c1-23-22(25-15-17-9-10-18(26-2)14-20(17)28-4)24-12-6-7-16-8-11-19(27-3)21(13-16)29-5;/h8-11,13-14H,6-7,12,15H2,1-5H3,(H2,23,24,25);1H. The summed E-state index contributed by atoms with van der Waals surface area (Å²) in [5.74, 6) is 3.79. The third kappa shape index (κ3) is 7.47. The summed E-state index contributed by atoms with van der Waals surface area (Å²) in [7, 11) is 8.34. The second-order valence-corrected chi connectivity index (χ2v) is 6.32. The molecule has 0 bridgehead atoms. The molecule has 0 aliphatic rings. The minimum Gasteiger partial charge on any atom is -0.497 e. The molecule has 0 radical (unpaired) electrons. The van der Waals surface area contributed by atoms with Crippen molar-refractivity contribution in [1.82, 2.24) is 10.6 Å². The summed E-state index contributed by atoms with van der Waals surface area (Å²) < 4.78 is 21.3. The van der Waals surface area contributed by atoms with Crippen LogP contribution in [-0.2, 0) is 13.0 Å². The van der Waals surface area contributed by atoms with E-state index in [4.69, 9.17) is 18.9 Å². The topological polar surface area (TPSA) is 73.3 Å². The van der Waals surface area contributed by atoms with Crippen molar-refractivity contribution in [3.05, 3.63) is 47.5 Å². The van der Waals surface area contributed by atoms with Crippen LogP contribution in [0.25, 0.3) is 0 Å². The van der Waals surface area contributed by atoms with Crippen LogP contribution < -0.4 is 29.6 Å². The third-order valence-corrected chi connectivity index (χ3v) is 4.55. The number of hydrogen-bond donors (Lipinski definition) is 2. The van der Waals surface area contributed by atoms with E-state index in [-0.39, 0.29) is 24.0 Å². The predicted molar refractivity (Wildman–Crippen MR) is 131 cm³/mol. The normalized spacial score (nSPS) is 10.6. The average Bonchev–Trinajstić information content (AvgIpc) is 2.78. The first-order chi connectivity index (χ1) is 14.1. The first kappa shape index (κ1) is 25.7. The Hall–Kier alpha value is -2.36. The molecular formula is C22H32IN3O4. The lowest BCUT2D eigenvalue weighted by Crippen LogP contribution is -2.37. The lowest BCUT2D eigenvalue weighted by molar-refractivity contribution is 0.354. The highest BCUT2D eigenvalue weighted by Crippen LogP contribution is 2.28. The Morgan fingerprint density at radius 1 is 0.833 bits per heavy atom. The maximum Gasteiger partial charge on any atom is 0.191 e. The van der Waals surface area contributed by atoms with Gasteiger partial charge in [0.15, 0.2) is 17.5 Å². The lowest BCUT2D eigenvalue weighted by Gasteiger charge is -2.14. The van der Waals surface area contributed by atoms with Crippen molar-refractivity contribution in [2.45, 2.75) is 19.4 Å². The van der Waals surface area contributed by atoms with Gasteiger partial charge in [0.25, 0.3) is 0 Å². The number of aliphatic imine (C=N–C) groups is 1. The van der Waals surface area contributed by atoms with E-state index < -0.39 is 0 Å². The Morgan fingerprint density at radius 3 is 2.20 bits per heavy atom. The van der Waals surface area contributed by atoms with E-state index in [1.165, 1.54) is 5.56 Å². The van der Waals surface area contributed by atoms with Gasteiger partial charge in [0.1, 0.15) is 11.5 Å². The van der Waals surface area contributed by atoms with Crippen molar-refractivity contribution in [2.75, 3.05) is 42.0 Å². The molecule has 0 aliphatic heterocycles. The van der Waals surface area contributed by atoms with Crippen molar-refractivity contribution in [2.24, 2.45) is 4.99 Å². The summed E-state index contributed by atoms with van der Waals surface area (Å²) in [5, 5.41) is 6.65. The van der Waals surface area contributed by atoms with Gasteiger partial charge in [-0.3, -0.25) is 4.99 Å². The van der Waals surface area contributed by atoms with E-state index >= 15 is 0 Å². The van der Waals surface area contributed by atoms with Crippen LogP contribution in [0, 0.1) is 0 Å². The fraction of sp³-hybridized carbons (Fsp3) is 0.409. The number of methoxy groups -OCH3 is 4. The predicted octanol–water partition coefficient (Wildman–Crippen LogP) is 3.64. The SMILES string of the molecule is CN=C(NCCCc1ccc(OC)c(OC)c1)NCc1ccc(OC)cc1OC.I. The monoisotopic (exact) mass is 529 g/mol. The molecule has 0 saturated carbocycles.